The Kier molecular flexibility index (Phi) is 5.77. The lowest BCUT2D eigenvalue weighted by atomic mass is 10.1. The summed E-state index contributed by atoms with van der Waals surface area (Å²) in [5, 5.41) is 9.91. The quantitative estimate of drug-likeness (QED) is 0.371. The summed E-state index contributed by atoms with van der Waals surface area (Å²) in [4.78, 5) is 17.6. The number of hydrogen-bond donors (Lipinski definition) is 1. The van der Waals surface area contributed by atoms with Crippen LogP contribution >= 0.6 is 11.3 Å². The standard InChI is InChI=1S/C28H24N4O4S/c1-16-5-4-6-21(17(16)2)30-28-32(31-18(3)19-7-10-25-26(12-19)36-15-35-25)23(14-37-28)20-8-9-24-22(11-20)29-27(33)13-34-24/h4-12,14H,13,15H2,1-3H3,(H,29,33). The van der Waals surface area contributed by atoms with Crippen molar-refractivity contribution >= 4 is 34.3 Å². The summed E-state index contributed by atoms with van der Waals surface area (Å²) in [5.41, 5.74) is 7.25. The van der Waals surface area contributed by atoms with Gasteiger partial charge in [-0.2, -0.15) is 5.10 Å². The largest absolute Gasteiger partial charge is 0.482 e. The van der Waals surface area contributed by atoms with E-state index in [9.17, 15) is 4.79 Å². The molecule has 0 saturated heterocycles. The van der Waals surface area contributed by atoms with Crippen molar-refractivity contribution in [1.29, 1.82) is 0 Å². The summed E-state index contributed by atoms with van der Waals surface area (Å²) >= 11 is 1.50. The molecule has 3 aromatic carbocycles. The third-order valence-electron chi connectivity index (χ3n) is 6.43. The highest BCUT2D eigenvalue weighted by Gasteiger charge is 2.19. The Labute approximate surface area is 217 Å². The first-order valence-corrected chi connectivity index (χ1v) is 12.7. The predicted octanol–water partition coefficient (Wildman–Crippen LogP) is 5.40. The maximum Gasteiger partial charge on any atom is 0.262 e. The van der Waals surface area contributed by atoms with Gasteiger partial charge in [0.25, 0.3) is 5.91 Å². The molecule has 0 spiro atoms. The van der Waals surface area contributed by atoms with E-state index in [1.165, 1.54) is 16.9 Å². The van der Waals surface area contributed by atoms with Crippen LogP contribution in [0.4, 0.5) is 11.4 Å². The zero-order chi connectivity index (χ0) is 25.5. The van der Waals surface area contributed by atoms with E-state index in [-0.39, 0.29) is 19.3 Å². The molecule has 37 heavy (non-hydrogen) atoms. The molecule has 0 unspecified atom stereocenters. The number of rotatable bonds is 4. The van der Waals surface area contributed by atoms with Gasteiger partial charge in [0.15, 0.2) is 18.1 Å². The Morgan fingerprint density at radius 1 is 1.00 bits per heavy atom. The molecule has 8 nitrogen and oxygen atoms in total. The molecule has 4 aromatic rings. The van der Waals surface area contributed by atoms with Gasteiger partial charge in [0.2, 0.25) is 11.6 Å². The lowest BCUT2D eigenvalue weighted by Gasteiger charge is -2.18. The molecule has 0 radical (unpaired) electrons. The number of thiazole rings is 1. The molecule has 3 heterocycles. The van der Waals surface area contributed by atoms with Crippen molar-refractivity contribution < 1.29 is 19.0 Å². The van der Waals surface area contributed by atoms with Gasteiger partial charge in [-0.3, -0.25) is 4.79 Å². The van der Waals surface area contributed by atoms with E-state index in [0.29, 0.717) is 17.2 Å². The minimum Gasteiger partial charge on any atom is -0.482 e. The first-order chi connectivity index (χ1) is 18.0. The fraction of sp³-hybridized carbons (Fsp3) is 0.179. The molecular formula is C28H24N4O4S. The van der Waals surface area contributed by atoms with Gasteiger partial charge in [-0.25, -0.2) is 9.67 Å². The van der Waals surface area contributed by atoms with Gasteiger partial charge in [0.05, 0.1) is 22.8 Å². The fourth-order valence-corrected chi connectivity index (χ4v) is 5.05. The molecule has 0 atom stereocenters. The summed E-state index contributed by atoms with van der Waals surface area (Å²) in [7, 11) is 0. The van der Waals surface area contributed by atoms with Crippen LogP contribution in [0.25, 0.3) is 11.3 Å². The number of ether oxygens (including phenoxy) is 3. The SMILES string of the molecule is CC(=Nn1c(-c2ccc3c(c2)NC(=O)CO3)csc1=Nc1cccc(C)c1C)c1ccc2c(c1)OCO2. The first kappa shape index (κ1) is 23.1. The van der Waals surface area contributed by atoms with Gasteiger partial charge in [0, 0.05) is 16.5 Å². The number of carbonyl (C=O) groups excluding carboxylic acids is 1. The zero-order valence-corrected chi connectivity index (χ0v) is 21.4. The van der Waals surface area contributed by atoms with Crippen LogP contribution in [0.2, 0.25) is 0 Å². The number of amides is 1. The van der Waals surface area contributed by atoms with Crippen LogP contribution in [0.15, 0.2) is 70.1 Å². The topological polar surface area (TPSA) is 86.4 Å². The second kappa shape index (κ2) is 9.25. The molecule has 186 valence electrons. The fourth-order valence-electron chi connectivity index (χ4n) is 4.20. The minimum absolute atomic E-state index is 0.0166. The van der Waals surface area contributed by atoms with Gasteiger partial charge in [-0.05, 0) is 74.4 Å². The summed E-state index contributed by atoms with van der Waals surface area (Å²) < 4.78 is 18.4. The van der Waals surface area contributed by atoms with Crippen molar-refractivity contribution in [2.75, 3.05) is 18.7 Å². The van der Waals surface area contributed by atoms with Crippen LogP contribution in [-0.2, 0) is 4.79 Å². The maximum atomic E-state index is 11.9. The maximum absolute atomic E-state index is 11.9. The molecule has 1 aromatic heterocycles. The van der Waals surface area contributed by atoms with Crippen molar-refractivity contribution in [2.45, 2.75) is 20.8 Å². The lowest BCUT2D eigenvalue weighted by molar-refractivity contribution is -0.118. The van der Waals surface area contributed by atoms with Crippen molar-refractivity contribution in [3.05, 3.63) is 81.5 Å². The van der Waals surface area contributed by atoms with Crippen LogP contribution in [0, 0.1) is 13.8 Å². The monoisotopic (exact) mass is 512 g/mol. The predicted molar refractivity (Wildman–Crippen MR) is 143 cm³/mol. The van der Waals surface area contributed by atoms with Crippen molar-refractivity contribution in [1.82, 2.24) is 4.68 Å². The third-order valence-corrected chi connectivity index (χ3v) is 7.24. The van der Waals surface area contributed by atoms with E-state index >= 15 is 0 Å². The molecule has 6 rings (SSSR count). The number of aromatic nitrogens is 1. The van der Waals surface area contributed by atoms with Crippen LogP contribution < -0.4 is 24.3 Å². The number of nitrogens with one attached hydrogen (secondary N) is 1. The Morgan fingerprint density at radius 3 is 2.73 bits per heavy atom. The van der Waals surface area contributed by atoms with Gasteiger partial charge >= 0.3 is 0 Å². The smallest absolute Gasteiger partial charge is 0.262 e. The van der Waals surface area contributed by atoms with Crippen LogP contribution in [0.5, 0.6) is 17.2 Å². The molecule has 1 N–H and O–H groups in total. The van der Waals surface area contributed by atoms with Crippen molar-refractivity contribution in [3.63, 3.8) is 0 Å². The Bertz CT molecular complexity index is 1650. The highest BCUT2D eigenvalue weighted by atomic mass is 32.1. The van der Waals surface area contributed by atoms with E-state index in [2.05, 4.69) is 25.2 Å². The van der Waals surface area contributed by atoms with Gasteiger partial charge < -0.3 is 19.5 Å². The van der Waals surface area contributed by atoms with Gasteiger partial charge in [-0.1, -0.05) is 12.1 Å². The number of benzene rings is 3. The number of nitrogens with zero attached hydrogens (tertiary/aromatic N) is 3. The Morgan fingerprint density at radius 2 is 1.84 bits per heavy atom. The third kappa shape index (κ3) is 4.38. The molecular weight excluding hydrogens is 488 g/mol. The number of anilines is 1. The van der Waals surface area contributed by atoms with Crippen LogP contribution in [0.3, 0.4) is 0 Å². The molecule has 0 aliphatic carbocycles. The summed E-state index contributed by atoms with van der Waals surface area (Å²) in [6.45, 7) is 6.33. The average Bonchev–Trinajstić information content (AvgIpc) is 3.53. The Balaban J connectivity index is 1.51. The highest BCUT2D eigenvalue weighted by Crippen LogP contribution is 2.34. The second-order valence-corrected chi connectivity index (χ2v) is 9.68. The van der Waals surface area contributed by atoms with Crippen molar-refractivity contribution in [3.8, 4) is 28.5 Å². The van der Waals surface area contributed by atoms with E-state index in [0.717, 1.165) is 44.3 Å². The molecule has 9 heteroatoms. The molecule has 0 saturated carbocycles. The van der Waals surface area contributed by atoms with Crippen LogP contribution in [0.1, 0.15) is 23.6 Å². The lowest BCUT2D eigenvalue weighted by Crippen LogP contribution is -2.25. The average molecular weight is 513 g/mol. The normalized spacial score (nSPS) is 14.8. The van der Waals surface area contributed by atoms with Crippen LogP contribution in [-0.4, -0.2) is 29.7 Å². The van der Waals surface area contributed by atoms with Gasteiger partial charge in [-0.15, -0.1) is 11.3 Å². The van der Waals surface area contributed by atoms with Gasteiger partial charge in [0.1, 0.15) is 5.75 Å². The molecule has 0 bridgehead atoms. The zero-order valence-electron chi connectivity index (χ0n) is 20.6. The van der Waals surface area contributed by atoms with E-state index in [1.54, 1.807) is 0 Å². The van der Waals surface area contributed by atoms with E-state index in [1.807, 2.05) is 65.5 Å². The molecule has 0 fully saturated rings. The molecule has 1 amide bonds. The first-order valence-electron chi connectivity index (χ1n) is 11.8. The molecule has 2 aliphatic rings. The number of hydrogen-bond acceptors (Lipinski definition) is 7. The van der Waals surface area contributed by atoms with E-state index in [4.69, 9.17) is 24.3 Å². The second-order valence-electron chi connectivity index (χ2n) is 8.85. The number of aryl methyl sites for hydroxylation is 1. The Hall–Kier alpha value is -4.37. The minimum atomic E-state index is -0.176. The summed E-state index contributed by atoms with van der Waals surface area (Å²) in [5.74, 6) is 1.90. The number of carbonyl (C=O) groups is 1. The highest BCUT2D eigenvalue weighted by molar-refractivity contribution is 7.07. The summed E-state index contributed by atoms with van der Waals surface area (Å²) in [6, 6.07) is 17.6. The van der Waals surface area contributed by atoms with Crippen molar-refractivity contribution in [2.24, 2.45) is 10.1 Å². The van der Waals surface area contributed by atoms with E-state index < -0.39 is 0 Å². The number of fused-ring (bicyclic) bond motifs is 2. The molecule has 2 aliphatic heterocycles. The summed E-state index contributed by atoms with van der Waals surface area (Å²) in [6.07, 6.45) is 0.